The summed E-state index contributed by atoms with van der Waals surface area (Å²) in [4.78, 5) is 15.9. The maximum Gasteiger partial charge on any atom is 0.175 e. The predicted octanol–water partition coefficient (Wildman–Crippen LogP) is 5.00. The second-order valence-electron chi connectivity index (χ2n) is 6.29. The molecule has 0 aliphatic carbocycles. The first-order valence-corrected chi connectivity index (χ1v) is 10.1. The fourth-order valence-electron chi connectivity index (χ4n) is 3.11. The normalized spacial score (nSPS) is 14.2. The molecule has 0 unspecified atom stereocenters. The molecule has 0 aromatic carbocycles. The Bertz CT molecular complexity index is 909. The van der Waals surface area contributed by atoms with Gasteiger partial charge >= 0.3 is 0 Å². The molecule has 0 bridgehead atoms. The predicted molar refractivity (Wildman–Crippen MR) is 110 cm³/mol. The maximum absolute atomic E-state index is 5.99. The Morgan fingerprint density at radius 1 is 1.07 bits per heavy atom. The molecule has 1 fully saturated rings. The average Bonchev–Trinajstić information content (AvgIpc) is 3.15. The van der Waals surface area contributed by atoms with Crippen LogP contribution in [-0.4, -0.2) is 35.2 Å². The summed E-state index contributed by atoms with van der Waals surface area (Å²) in [5, 5.41) is 4.01. The van der Waals surface area contributed by atoms with Gasteiger partial charge in [-0.15, -0.1) is 11.3 Å². The van der Waals surface area contributed by atoms with Crippen molar-refractivity contribution in [3.63, 3.8) is 0 Å². The maximum atomic E-state index is 5.99. The number of nitrogens with one attached hydrogen (secondary N) is 1. The molecule has 27 heavy (non-hydrogen) atoms. The number of piperidine rings is 1. The molecule has 0 spiro atoms. The number of pyridine rings is 2. The van der Waals surface area contributed by atoms with Crippen molar-refractivity contribution in [2.45, 2.75) is 19.3 Å². The Morgan fingerprint density at radius 2 is 1.93 bits per heavy atom. The minimum Gasteiger partial charge on any atom is -0.493 e. The van der Waals surface area contributed by atoms with E-state index in [9.17, 15) is 0 Å². The van der Waals surface area contributed by atoms with Crippen molar-refractivity contribution in [3.05, 3.63) is 41.0 Å². The molecule has 1 aliphatic rings. The lowest BCUT2D eigenvalue weighted by Gasteiger charge is -2.28. The summed E-state index contributed by atoms with van der Waals surface area (Å²) in [6, 6.07) is 7.80. The van der Waals surface area contributed by atoms with Gasteiger partial charge < -0.3 is 15.0 Å². The van der Waals surface area contributed by atoms with E-state index in [1.807, 2.05) is 24.4 Å². The van der Waals surface area contributed by atoms with Crippen LogP contribution < -0.4 is 15.0 Å². The first-order valence-electron chi connectivity index (χ1n) is 8.88. The van der Waals surface area contributed by atoms with E-state index in [4.69, 9.17) is 16.3 Å². The molecule has 0 amide bonds. The lowest BCUT2D eigenvalue weighted by molar-refractivity contribution is 0.415. The van der Waals surface area contributed by atoms with Crippen LogP contribution in [0.3, 0.4) is 0 Å². The monoisotopic (exact) mass is 401 g/mol. The van der Waals surface area contributed by atoms with E-state index in [0.717, 1.165) is 35.3 Å². The molecule has 0 radical (unpaired) electrons. The number of hydrogen-bond acceptors (Lipinski definition) is 7. The zero-order valence-corrected chi connectivity index (χ0v) is 16.6. The van der Waals surface area contributed by atoms with Crippen LogP contribution in [-0.2, 0) is 0 Å². The SMILES string of the molecule is COc1ccc(-c2ncc(Cl)s2)nc1Nc1ccc(N2CCCCC2)cn1. The van der Waals surface area contributed by atoms with Crippen LogP contribution in [0.15, 0.2) is 36.7 Å². The third-order valence-corrected chi connectivity index (χ3v) is 5.63. The molecule has 4 rings (SSSR count). The van der Waals surface area contributed by atoms with E-state index in [2.05, 4.69) is 31.2 Å². The van der Waals surface area contributed by atoms with Gasteiger partial charge in [-0.05, 0) is 43.5 Å². The largest absolute Gasteiger partial charge is 0.493 e. The minimum absolute atomic E-state index is 0.597. The quantitative estimate of drug-likeness (QED) is 0.649. The number of hydrogen-bond donors (Lipinski definition) is 1. The highest BCUT2D eigenvalue weighted by atomic mass is 35.5. The summed E-state index contributed by atoms with van der Waals surface area (Å²) in [6.07, 6.45) is 7.34. The van der Waals surface area contributed by atoms with Crippen molar-refractivity contribution in [3.8, 4) is 16.5 Å². The van der Waals surface area contributed by atoms with Crippen molar-refractivity contribution in [1.82, 2.24) is 15.0 Å². The summed E-state index contributed by atoms with van der Waals surface area (Å²) in [6.45, 7) is 2.20. The van der Waals surface area contributed by atoms with E-state index < -0.39 is 0 Å². The fourth-order valence-corrected chi connectivity index (χ4v) is 3.99. The zero-order valence-electron chi connectivity index (χ0n) is 15.0. The average molecular weight is 402 g/mol. The second-order valence-corrected chi connectivity index (χ2v) is 7.95. The van der Waals surface area contributed by atoms with E-state index in [1.165, 1.54) is 30.6 Å². The minimum atomic E-state index is 0.597. The summed E-state index contributed by atoms with van der Waals surface area (Å²) in [5.74, 6) is 1.96. The third kappa shape index (κ3) is 4.14. The molecule has 8 heteroatoms. The van der Waals surface area contributed by atoms with Gasteiger partial charge in [-0.25, -0.2) is 15.0 Å². The number of thiazole rings is 1. The van der Waals surface area contributed by atoms with Gasteiger partial charge in [0, 0.05) is 13.1 Å². The number of halogens is 1. The Balaban J connectivity index is 1.55. The number of rotatable bonds is 5. The number of methoxy groups -OCH3 is 1. The van der Waals surface area contributed by atoms with Gasteiger partial charge in [0.2, 0.25) is 0 Å². The van der Waals surface area contributed by atoms with Gasteiger partial charge in [0.25, 0.3) is 0 Å². The van der Waals surface area contributed by atoms with Crippen LogP contribution in [0.4, 0.5) is 17.3 Å². The summed E-state index contributed by atoms with van der Waals surface area (Å²) < 4.78 is 6.06. The Hall–Kier alpha value is -2.38. The van der Waals surface area contributed by atoms with Crippen LogP contribution in [0.5, 0.6) is 5.75 Å². The van der Waals surface area contributed by atoms with Crippen molar-refractivity contribution < 1.29 is 4.74 Å². The summed E-state index contributed by atoms with van der Waals surface area (Å²) in [7, 11) is 1.62. The fraction of sp³-hybridized carbons (Fsp3) is 0.316. The van der Waals surface area contributed by atoms with Crippen molar-refractivity contribution >= 4 is 40.3 Å². The highest BCUT2D eigenvalue weighted by Gasteiger charge is 2.13. The van der Waals surface area contributed by atoms with E-state index in [1.54, 1.807) is 13.3 Å². The zero-order chi connectivity index (χ0) is 18.6. The third-order valence-electron chi connectivity index (χ3n) is 4.49. The van der Waals surface area contributed by atoms with Gasteiger partial charge in [0.15, 0.2) is 11.6 Å². The van der Waals surface area contributed by atoms with Gasteiger partial charge in [-0.1, -0.05) is 11.6 Å². The van der Waals surface area contributed by atoms with Crippen LogP contribution in [0, 0.1) is 0 Å². The molecule has 3 aromatic rings. The summed E-state index contributed by atoms with van der Waals surface area (Å²) >= 11 is 7.38. The number of nitrogens with zero attached hydrogens (tertiary/aromatic N) is 4. The molecule has 0 saturated carbocycles. The van der Waals surface area contributed by atoms with E-state index in [-0.39, 0.29) is 0 Å². The smallest absolute Gasteiger partial charge is 0.175 e. The standard InChI is InChI=1S/C19H20ClN5OS/c1-26-15-7-6-14(19-22-12-16(20)27-19)23-18(15)24-17-8-5-13(11-21-17)25-9-3-2-4-10-25/h5-8,11-12H,2-4,9-10H2,1H3,(H,21,23,24). The van der Waals surface area contributed by atoms with Gasteiger partial charge in [-0.3, -0.25) is 0 Å². The topological polar surface area (TPSA) is 63.2 Å². The Kier molecular flexibility index (Phi) is 5.40. The molecule has 1 saturated heterocycles. The Morgan fingerprint density at radius 3 is 2.59 bits per heavy atom. The molecule has 140 valence electrons. The number of ether oxygens (including phenoxy) is 1. The second kappa shape index (κ2) is 8.10. The summed E-state index contributed by atoms with van der Waals surface area (Å²) in [5.41, 5.74) is 1.89. The van der Waals surface area contributed by atoms with Crippen molar-refractivity contribution in [2.75, 3.05) is 30.4 Å². The molecule has 6 nitrogen and oxygen atoms in total. The van der Waals surface area contributed by atoms with Gasteiger partial charge in [0.1, 0.15) is 20.9 Å². The first-order chi connectivity index (χ1) is 13.2. The number of anilines is 3. The van der Waals surface area contributed by atoms with Gasteiger partial charge in [-0.2, -0.15) is 0 Å². The highest BCUT2D eigenvalue weighted by Crippen LogP contribution is 2.32. The number of aromatic nitrogens is 3. The van der Waals surface area contributed by atoms with E-state index in [0.29, 0.717) is 15.9 Å². The molecule has 3 aromatic heterocycles. The van der Waals surface area contributed by atoms with Crippen LogP contribution in [0.2, 0.25) is 4.34 Å². The van der Waals surface area contributed by atoms with Crippen molar-refractivity contribution in [2.24, 2.45) is 0 Å². The van der Waals surface area contributed by atoms with Crippen molar-refractivity contribution in [1.29, 1.82) is 0 Å². The van der Waals surface area contributed by atoms with Crippen LogP contribution in [0.1, 0.15) is 19.3 Å². The molecular weight excluding hydrogens is 382 g/mol. The molecule has 4 heterocycles. The van der Waals surface area contributed by atoms with Crippen LogP contribution in [0.25, 0.3) is 10.7 Å². The van der Waals surface area contributed by atoms with E-state index >= 15 is 0 Å². The van der Waals surface area contributed by atoms with Crippen LogP contribution >= 0.6 is 22.9 Å². The molecule has 0 atom stereocenters. The van der Waals surface area contributed by atoms with Gasteiger partial charge in [0.05, 0.1) is 25.2 Å². The first kappa shape index (κ1) is 18.0. The molecule has 1 aliphatic heterocycles. The highest BCUT2D eigenvalue weighted by molar-refractivity contribution is 7.18. The molecule has 1 N–H and O–H groups in total. The Labute approximate surface area is 167 Å². The lowest BCUT2D eigenvalue weighted by Crippen LogP contribution is -2.29. The molecular formula is C19H20ClN5OS. The lowest BCUT2D eigenvalue weighted by atomic mass is 10.1.